The van der Waals surface area contributed by atoms with Crippen molar-refractivity contribution in [3.8, 4) is 5.75 Å². The molecule has 82 valence electrons. The summed E-state index contributed by atoms with van der Waals surface area (Å²) in [5.41, 5.74) is 0. The van der Waals surface area contributed by atoms with Gasteiger partial charge in [0.1, 0.15) is 11.9 Å². The van der Waals surface area contributed by atoms with Crippen molar-refractivity contribution in [3.05, 3.63) is 28.2 Å². The number of hydrogen-bond acceptors (Lipinski definition) is 2. The number of piperidine rings is 1. The van der Waals surface area contributed by atoms with Gasteiger partial charge in [0.05, 0.1) is 5.02 Å². The van der Waals surface area contributed by atoms with Gasteiger partial charge in [-0.25, -0.2) is 0 Å². The third-order valence-electron chi connectivity index (χ3n) is 2.44. The van der Waals surface area contributed by atoms with E-state index >= 15 is 0 Å². The molecule has 0 saturated carbocycles. The first-order chi connectivity index (χ1) is 7.25. The number of nitrogens with one attached hydrogen (secondary N) is 1. The molecule has 0 radical (unpaired) electrons. The summed E-state index contributed by atoms with van der Waals surface area (Å²) in [5.74, 6) is 0.679. The van der Waals surface area contributed by atoms with Gasteiger partial charge in [0.2, 0.25) is 0 Å². The number of benzene rings is 1. The van der Waals surface area contributed by atoms with Gasteiger partial charge in [0.15, 0.2) is 0 Å². The van der Waals surface area contributed by atoms with Crippen LogP contribution in [0.5, 0.6) is 5.75 Å². The van der Waals surface area contributed by atoms with Gasteiger partial charge in [-0.05, 0) is 31.5 Å². The van der Waals surface area contributed by atoms with Crippen LogP contribution in [0.2, 0.25) is 10.0 Å². The van der Waals surface area contributed by atoms with Crippen LogP contribution in [-0.4, -0.2) is 19.2 Å². The Hall–Kier alpha value is -0.440. The minimum atomic E-state index is 0.203. The molecule has 1 heterocycles. The molecule has 0 aliphatic carbocycles. The van der Waals surface area contributed by atoms with E-state index in [0.717, 1.165) is 25.9 Å². The van der Waals surface area contributed by atoms with Crippen LogP contribution in [0.25, 0.3) is 0 Å². The van der Waals surface area contributed by atoms with Crippen LogP contribution < -0.4 is 10.1 Å². The highest BCUT2D eigenvalue weighted by atomic mass is 35.5. The maximum Gasteiger partial charge on any atom is 0.139 e. The van der Waals surface area contributed by atoms with Crippen molar-refractivity contribution in [2.75, 3.05) is 13.1 Å². The molecular formula is C11H13Cl2NO. The minimum absolute atomic E-state index is 0.203. The predicted molar refractivity (Wildman–Crippen MR) is 63.0 cm³/mol. The zero-order valence-corrected chi connectivity index (χ0v) is 9.81. The third-order valence-corrected chi connectivity index (χ3v) is 2.99. The van der Waals surface area contributed by atoms with Gasteiger partial charge in [-0.3, -0.25) is 0 Å². The highest BCUT2D eigenvalue weighted by molar-refractivity contribution is 6.34. The maximum absolute atomic E-state index is 6.01. The zero-order valence-electron chi connectivity index (χ0n) is 8.30. The van der Waals surface area contributed by atoms with E-state index in [0.29, 0.717) is 15.8 Å². The van der Waals surface area contributed by atoms with Gasteiger partial charge in [0, 0.05) is 17.6 Å². The van der Waals surface area contributed by atoms with Crippen LogP contribution >= 0.6 is 23.2 Å². The standard InChI is InChI=1S/C11H13Cl2NO/c12-8-3-4-10(13)11(6-8)15-9-2-1-5-14-7-9/h3-4,6,9,14H,1-2,5,7H2/t9-/m0/s1. The first kappa shape index (κ1) is 11.1. The van der Waals surface area contributed by atoms with Gasteiger partial charge < -0.3 is 10.1 Å². The first-order valence-electron chi connectivity index (χ1n) is 5.08. The maximum atomic E-state index is 6.01. The molecule has 2 nitrogen and oxygen atoms in total. The number of ether oxygens (including phenoxy) is 1. The summed E-state index contributed by atoms with van der Waals surface area (Å²) in [5, 5.41) is 4.55. The molecule has 2 rings (SSSR count). The van der Waals surface area contributed by atoms with Gasteiger partial charge in [-0.1, -0.05) is 23.2 Å². The van der Waals surface area contributed by atoms with Crippen LogP contribution in [0.15, 0.2) is 18.2 Å². The van der Waals surface area contributed by atoms with Gasteiger partial charge in [0.25, 0.3) is 0 Å². The Labute approximate surface area is 99.5 Å². The second-order valence-electron chi connectivity index (χ2n) is 3.66. The lowest BCUT2D eigenvalue weighted by atomic mass is 10.1. The lowest BCUT2D eigenvalue weighted by Gasteiger charge is -2.24. The van der Waals surface area contributed by atoms with Crippen LogP contribution in [0.3, 0.4) is 0 Å². The highest BCUT2D eigenvalue weighted by Gasteiger charge is 2.15. The molecule has 4 heteroatoms. The Morgan fingerprint density at radius 1 is 1.33 bits per heavy atom. The summed E-state index contributed by atoms with van der Waals surface area (Å²) in [6, 6.07) is 5.28. The monoisotopic (exact) mass is 245 g/mol. The second-order valence-corrected chi connectivity index (χ2v) is 4.50. The largest absolute Gasteiger partial charge is 0.487 e. The summed E-state index contributed by atoms with van der Waals surface area (Å²) in [7, 11) is 0. The average molecular weight is 246 g/mol. The lowest BCUT2D eigenvalue weighted by Crippen LogP contribution is -2.37. The molecule has 1 saturated heterocycles. The molecule has 1 aliphatic heterocycles. The number of rotatable bonds is 2. The SMILES string of the molecule is Clc1ccc(Cl)c(O[C@H]2CCCNC2)c1. The molecule has 1 atom stereocenters. The van der Waals surface area contributed by atoms with Crippen LogP contribution in [0.1, 0.15) is 12.8 Å². The Balaban J connectivity index is 2.05. The van der Waals surface area contributed by atoms with Crippen molar-refractivity contribution in [1.29, 1.82) is 0 Å². The fraction of sp³-hybridized carbons (Fsp3) is 0.455. The van der Waals surface area contributed by atoms with E-state index in [1.165, 1.54) is 0 Å². The number of hydrogen-bond donors (Lipinski definition) is 1. The normalized spacial score (nSPS) is 21.3. The summed E-state index contributed by atoms with van der Waals surface area (Å²) < 4.78 is 5.79. The Bertz CT molecular complexity index is 337. The molecule has 1 N–H and O–H groups in total. The average Bonchev–Trinajstić information content (AvgIpc) is 2.25. The quantitative estimate of drug-likeness (QED) is 0.865. The van der Waals surface area contributed by atoms with E-state index in [1.807, 2.05) is 0 Å². The van der Waals surface area contributed by atoms with Crippen LogP contribution in [0, 0.1) is 0 Å². The Morgan fingerprint density at radius 3 is 2.93 bits per heavy atom. The molecule has 1 fully saturated rings. The van der Waals surface area contributed by atoms with Crippen molar-refractivity contribution >= 4 is 23.2 Å². The summed E-state index contributed by atoms with van der Waals surface area (Å²) in [6.07, 6.45) is 2.41. The second kappa shape index (κ2) is 5.06. The molecular weight excluding hydrogens is 233 g/mol. The number of halogens is 2. The van der Waals surface area contributed by atoms with Crippen molar-refractivity contribution in [2.45, 2.75) is 18.9 Å². The summed E-state index contributed by atoms with van der Waals surface area (Å²) in [4.78, 5) is 0. The fourth-order valence-corrected chi connectivity index (χ4v) is 1.99. The van der Waals surface area contributed by atoms with Crippen molar-refractivity contribution in [2.24, 2.45) is 0 Å². The molecule has 1 aromatic rings. The van der Waals surface area contributed by atoms with Gasteiger partial charge >= 0.3 is 0 Å². The van der Waals surface area contributed by atoms with E-state index < -0.39 is 0 Å². The van der Waals surface area contributed by atoms with Crippen LogP contribution in [0.4, 0.5) is 0 Å². The molecule has 0 bridgehead atoms. The summed E-state index contributed by atoms with van der Waals surface area (Å²) in [6.45, 7) is 1.95. The molecule has 0 aromatic heterocycles. The van der Waals surface area contributed by atoms with E-state index in [2.05, 4.69) is 5.32 Å². The van der Waals surface area contributed by atoms with E-state index in [1.54, 1.807) is 18.2 Å². The smallest absolute Gasteiger partial charge is 0.139 e. The zero-order chi connectivity index (χ0) is 10.7. The minimum Gasteiger partial charge on any atom is -0.487 e. The topological polar surface area (TPSA) is 21.3 Å². The van der Waals surface area contributed by atoms with Crippen molar-refractivity contribution in [1.82, 2.24) is 5.32 Å². The lowest BCUT2D eigenvalue weighted by molar-refractivity contribution is 0.167. The Kier molecular flexibility index (Phi) is 3.73. The molecule has 0 amide bonds. The fourth-order valence-electron chi connectivity index (χ4n) is 1.67. The highest BCUT2D eigenvalue weighted by Crippen LogP contribution is 2.29. The first-order valence-corrected chi connectivity index (χ1v) is 5.84. The molecule has 0 spiro atoms. The molecule has 0 unspecified atom stereocenters. The van der Waals surface area contributed by atoms with Crippen molar-refractivity contribution in [3.63, 3.8) is 0 Å². The van der Waals surface area contributed by atoms with Gasteiger partial charge in [-0.2, -0.15) is 0 Å². The van der Waals surface area contributed by atoms with Crippen LogP contribution in [-0.2, 0) is 0 Å². The molecule has 1 aromatic carbocycles. The molecule has 15 heavy (non-hydrogen) atoms. The van der Waals surface area contributed by atoms with Crippen molar-refractivity contribution < 1.29 is 4.74 Å². The predicted octanol–water partition coefficient (Wildman–Crippen LogP) is 3.12. The van der Waals surface area contributed by atoms with E-state index in [9.17, 15) is 0 Å². The Morgan fingerprint density at radius 2 is 2.20 bits per heavy atom. The van der Waals surface area contributed by atoms with Gasteiger partial charge in [-0.15, -0.1) is 0 Å². The van der Waals surface area contributed by atoms with E-state index in [-0.39, 0.29) is 6.10 Å². The molecule has 1 aliphatic rings. The third kappa shape index (κ3) is 3.00. The van der Waals surface area contributed by atoms with E-state index in [4.69, 9.17) is 27.9 Å². The summed E-state index contributed by atoms with van der Waals surface area (Å²) >= 11 is 11.9.